The van der Waals surface area contributed by atoms with Gasteiger partial charge in [-0.2, -0.15) is 0 Å². The standard InChI is InChI=1S/C27H24N2O4/c1-4-33-27(31)19-9-13-20(14-10-19)28-26(30)24-17(2)25(18-11-15-21(32-3)16-12-18)29-23-8-6-5-7-22(23)24/h5-16H,4H2,1-3H3,(H,28,30). The monoisotopic (exact) mass is 440 g/mol. The van der Waals surface area contributed by atoms with Crippen molar-refractivity contribution in [3.05, 3.63) is 89.5 Å². The van der Waals surface area contributed by atoms with Crippen LogP contribution in [0.3, 0.4) is 0 Å². The number of para-hydroxylation sites is 1. The van der Waals surface area contributed by atoms with Crippen molar-refractivity contribution in [3.8, 4) is 17.0 Å². The summed E-state index contributed by atoms with van der Waals surface area (Å²) < 4.78 is 10.3. The minimum Gasteiger partial charge on any atom is -0.497 e. The van der Waals surface area contributed by atoms with E-state index in [0.717, 1.165) is 33.5 Å². The lowest BCUT2D eigenvalue weighted by molar-refractivity contribution is 0.0526. The number of aromatic nitrogens is 1. The molecular formula is C27H24N2O4. The minimum absolute atomic E-state index is 0.246. The Balaban J connectivity index is 1.72. The number of esters is 1. The highest BCUT2D eigenvalue weighted by molar-refractivity contribution is 6.14. The third kappa shape index (κ3) is 4.55. The molecule has 1 amide bonds. The van der Waals surface area contributed by atoms with Crippen LogP contribution < -0.4 is 10.1 Å². The van der Waals surface area contributed by atoms with Crippen molar-refractivity contribution in [1.29, 1.82) is 0 Å². The highest BCUT2D eigenvalue weighted by Crippen LogP contribution is 2.31. The zero-order valence-electron chi connectivity index (χ0n) is 18.7. The molecule has 0 saturated carbocycles. The van der Waals surface area contributed by atoms with E-state index in [4.69, 9.17) is 14.5 Å². The number of carbonyl (C=O) groups excluding carboxylic acids is 2. The number of hydrogen-bond acceptors (Lipinski definition) is 5. The zero-order valence-corrected chi connectivity index (χ0v) is 18.7. The quantitative estimate of drug-likeness (QED) is 0.392. The molecule has 0 aliphatic rings. The Morgan fingerprint density at radius 3 is 2.30 bits per heavy atom. The number of ether oxygens (including phenoxy) is 2. The Labute approximate surface area is 192 Å². The van der Waals surface area contributed by atoms with E-state index in [2.05, 4.69) is 5.32 Å². The molecule has 0 spiro atoms. The van der Waals surface area contributed by atoms with Gasteiger partial charge in [-0.3, -0.25) is 4.79 Å². The lowest BCUT2D eigenvalue weighted by Gasteiger charge is -2.15. The first-order valence-corrected chi connectivity index (χ1v) is 10.6. The molecule has 0 fully saturated rings. The van der Waals surface area contributed by atoms with Crippen molar-refractivity contribution >= 4 is 28.5 Å². The van der Waals surface area contributed by atoms with Gasteiger partial charge >= 0.3 is 5.97 Å². The van der Waals surface area contributed by atoms with Crippen LogP contribution in [0, 0.1) is 6.92 Å². The van der Waals surface area contributed by atoms with E-state index in [1.165, 1.54) is 0 Å². The van der Waals surface area contributed by atoms with Crippen LogP contribution in [-0.2, 0) is 4.74 Å². The number of nitrogens with one attached hydrogen (secondary N) is 1. The molecule has 1 aromatic heterocycles. The molecule has 4 rings (SSSR count). The van der Waals surface area contributed by atoms with Crippen LogP contribution >= 0.6 is 0 Å². The topological polar surface area (TPSA) is 77.5 Å². The number of anilines is 1. The van der Waals surface area contributed by atoms with Gasteiger partial charge in [-0.25, -0.2) is 9.78 Å². The summed E-state index contributed by atoms with van der Waals surface area (Å²) in [5.41, 5.74) is 4.71. The molecule has 33 heavy (non-hydrogen) atoms. The van der Waals surface area contributed by atoms with E-state index in [-0.39, 0.29) is 5.91 Å². The number of pyridine rings is 1. The number of methoxy groups -OCH3 is 1. The third-order valence-electron chi connectivity index (χ3n) is 5.38. The molecule has 3 aromatic carbocycles. The van der Waals surface area contributed by atoms with Crippen LogP contribution in [0.25, 0.3) is 22.2 Å². The van der Waals surface area contributed by atoms with Crippen LogP contribution in [0.15, 0.2) is 72.8 Å². The Hall–Kier alpha value is -4.19. The number of hydrogen-bond donors (Lipinski definition) is 1. The van der Waals surface area contributed by atoms with Gasteiger partial charge in [0.05, 0.1) is 36.1 Å². The predicted molar refractivity (Wildman–Crippen MR) is 129 cm³/mol. The first-order valence-electron chi connectivity index (χ1n) is 10.6. The normalized spacial score (nSPS) is 10.6. The van der Waals surface area contributed by atoms with Gasteiger partial charge in [0.1, 0.15) is 5.75 Å². The molecule has 0 atom stereocenters. The van der Waals surface area contributed by atoms with Gasteiger partial charge in [-0.1, -0.05) is 18.2 Å². The summed E-state index contributed by atoms with van der Waals surface area (Å²) in [6.45, 7) is 3.97. The van der Waals surface area contributed by atoms with Crippen molar-refractivity contribution in [2.24, 2.45) is 0 Å². The lowest BCUT2D eigenvalue weighted by atomic mass is 9.97. The smallest absolute Gasteiger partial charge is 0.338 e. The summed E-state index contributed by atoms with van der Waals surface area (Å²) in [4.78, 5) is 30.1. The largest absolute Gasteiger partial charge is 0.497 e. The maximum Gasteiger partial charge on any atom is 0.338 e. The molecule has 6 nitrogen and oxygen atoms in total. The van der Waals surface area contributed by atoms with Gasteiger partial charge in [0, 0.05) is 16.6 Å². The van der Waals surface area contributed by atoms with E-state index >= 15 is 0 Å². The Bertz CT molecular complexity index is 1310. The number of amides is 1. The maximum atomic E-state index is 13.4. The lowest BCUT2D eigenvalue weighted by Crippen LogP contribution is -2.15. The second-order valence-corrected chi connectivity index (χ2v) is 7.46. The van der Waals surface area contributed by atoms with Crippen molar-refractivity contribution in [1.82, 2.24) is 4.98 Å². The third-order valence-corrected chi connectivity index (χ3v) is 5.38. The summed E-state index contributed by atoms with van der Waals surface area (Å²) in [5.74, 6) is 0.113. The Morgan fingerprint density at radius 2 is 1.64 bits per heavy atom. The molecule has 0 aliphatic carbocycles. The average Bonchev–Trinajstić information content (AvgIpc) is 2.84. The summed E-state index contributed by atoms with van der Waals surface area (Å²) in [5, 5.41) is 3.72. The Morgan fingerprint density at radius 1 is 0.939 bits per heavy atom. The maximum absolute atomic E-state index is 13.4. The fourth-order valence-electron chi connectivity index (χ4n) is 3.73. The number of benzene rings is 3. The average molecular weight is 440 g/mol. The van der Waals surface area contributed by atoms with Gasteiger partial charge in [0.15, 0.2) is 0 Å². The second kappa shape index (κ2) is 9.53. The van der Waals surface area contributed by atoms with E-state index in [0.29, 0.717) is 23.4 Å². The van der Waals surface area contributed by atoms with E-state index in [1.807, 2.05) is 55.5 Å². The van der Waals surface area contributed by atoms with E-state index in [9.17, 15) is 9.59 Å². The van der Waals surface area contributed by atoms with E-state index in [1.54, 1.807) is 38.3 Å². The summed E-state index contributed by atoms with van der Waals surface area (Å²) >= 11 is 0. The highest BCUT2D eigenvalue weighted by Gasteiger charge is 2.19. The molecule has 0 bridgehead atoms. The van der Waals surface area contributed by atoms with Crippen molar-refractivity contribution in [3.63, 3.8) is 0 Å². The molecule has 0 radical (unpaired) electrons. The van der Waals surface area contributed by atoms with Gasteiger partial charge in [0.2, 0.25) is 0 Å². The van der Waals surface area contributed by atoms with E-state index < -0.39 is 5.97 Å². The van der Waals surface area contributed by atoms with Crippen molar-refractivity contribution < 1.29 is 19.1 Å². The molecule has 166 valence electrons. The SMILES string of the molecule is CCOC(=O)c1ccc(NC(=O)c2c(C)c(-c3ccc(OC)cc3)nc3ccccc23)cc1. The van der Waals surface area contributed by atoms with Gasteiger partial charge < -0.3 is 14.8 Å². The highest BCUT2D eigenvalue weighted by atomic mass is 16.5. The van der Waals surface area contributed by atoms with Crippen LogP contribution in [-0.4, -0.2) is 30.6 Å². The molecule has 4 aromatic rings. The molecule has 1 N–H and O–H groups in total. The molecule has 0 unspecified atom stereocenters. The summed E-state index contributed by atoms with van der Waals surface area (Å²) in [7, 11) is 1.62. The van der Waals surface area contributed by atoms with Crippen molar-refractivity contribution in [2.45, 2.75) is 13.8 Å². The van der Waals surface area contributed by atoms with Crippen LogP contribution in [0.5, 0.6) is 5.75 Å². The zero-order chi connectivity index (χ0) is 23.4. The number of rotatable bonds is 6. The summed E-state index contributed by atoms with van der Waals surface area (Å²) in [6.07, 6.45) is 0. The first-order chi connectivity index (χ1) is 16.0. The number of carbonyl (C=O) groups is 2. The van der Waals surface area contributed by atoms with Crippen molar-refractivity contribution in [2.75, 3.05) is 19.0 Å². The van der Waals surface area contributed by atoms with Crippen LogP contribution in [0.4, 0.5) is 5.69 Å². The van der Waals surface area contributed by atoms with Crippen LogP contribution in [0.2, 0.25) is 0 Å². The predicted octanol–water partition coefficient (Wildman–Crippen LogP) is 5.65. The Kier molecular flexibility index (Phi) is 6.36. The summed E-state index contributed by atoms with van der Waals surface area (Å²) in [6, 6.07) is 21.8. The molecular weight excluding hydrogens is 416 g/mol. The number of nitrogens with zero attached hydrogens (tertiary/aromatic N) is 1. The fraction of sp³-hybridized carbons (Fsp3) is 0.148. The fourth-order valence-corrected chi connectivity index (χ4v) is 3.73. The molecule has 1 heterocycles. The number of fused-ring (bicyclic) bond motifs is 1. The second-order valence-electron chi connectivity index (χ2n) is 7.46. The van der Waals surface area contributed by atoms with Gasteiger partial charge in [-0.15, -0.1) is 0 Å². The van der Waals surface area contributed by atoms with Crippen LogP contribution in [0.1, 0.15) is 33.2 Å². The molecule has 6 heteroatoms. The molecule has 0 saturated heterocycles. The molecule has 0 aliphatic heterocycles. The minimum atomic E-state index is -0.393. The first kappa shape index (κ1) is 22.0. The van der Waals surface area contributed by atoms with Gasteiger partial charge in [-0.05, 0) is 74.0 Å². The van der Waals surface area contributed by atoms with Gasteiger partial charge in [0.25, 0.3) is 5.91 Å².